The van der Waals surface area contributed by atoms with E-state index in [-0.39, 0.29) is 5.56 Å². The first-order chi connectivity index (χ1) is 8.99. The quantitative estimate of drug-likeness (QED) is 0.836. The Labute approximate surface area is 123 Å². The van der Waals surface area contributed by atoms with Crippen molar-refractivity contribution in [1.29, 1.82) is 0 Å². The number of nitrogens with zero attached hydrogens (tertiary/aromatic N) is 1. The molecule has 0 saturated heterocycles. The van der Waals surface area contributed by atoms with Crippen LogP contribution in [0.1, 0.15) is 15.2 Å². The minimum atomic E-state index is -0.971. The molecule has 0 radical (unpaired) electrons. The van der Waals surface area contributed by atoms with Crippen molar-refractivity contribution in [2.75, 3.05) is 17.7 Å². The second-order valence-electron chi connectivity index (χ2n) is 4.14. The predicted molar refractivity (Wildman–Crippen MR) is 81.9 cm³/mol. The molecule has 2 rings (SSSR count). The highest BCUT2D eigenvalue weighted by atomic mass is 79.9. The summed E-state index contributed by atoms with van der Waals surface area (Å²) in [7, 11) is 1.84. The van der Waals surface area contributed by atoms with Crippen LogP contribution in [0.4, 0.5) is 11.4 Å². The van der Waals surface area contributed by atoms with Crippen LogP contribution in [-0.2, 0) is 6.54 Å². The van der Waals surface area contributed by atoms with Crippen molar-refractivity contribution in [3.63, 3.8) is 0 Å². The van der Waals surface area contributed by atoms with Crippen molar-refractivity contribution in [2.45, 2.75) is 6.54 Å². The second kappa shape index (κ2) is 5.63. The number of nitrogen functional groups attached to an aromatic ring is 1. The van der Waals surface area contributed by atoms with Gasteiger partial charge in [0.15, 0.2) is 0 Å². The Balaban J connectivity index is 2.32. The van der Waals surface area contributed by atoms with Gasteiger partial charge in [0.1, 0.15) is 0 Å². The summed E-state index contributed by atoms with van der Waals surface area (Å²) in [6.07, 6.45) is 0. The number of thiophene rings is 1. The van der Waals surface area contributed by atoms with Crippen molar-refractivity contribution < 1.29 is 9.90 Å². The minimum Gasteiger partial charge on any atom is -0.478 e. The molecule has 0 spiro atoms. The number of halogens is 1. The van der Waals surface area contributed by atoms with Gasteiger partial charge in [-0.15, -0.1) is 11.3 Å². The highest BCUT2D eigenvalue weighted by Crippen LogP contribution is 2.30. The number of benzene rings is 1. The lowest BCUT2D eigenvalue weighted by Crippen LogP contribution is -2.20. The van der Waals surface area contributed by atoms with E-state index in [0.29, 0.717) is 17.9 Å². The third-order valence-corrected chi connectivity index (χ3v) is 4.38. The monoisotopic (exact) mass is 340 g/mol. The van der Waals surface area contributed by atoms with E-state index in [1.54, 1.807) is 29.5 Å². The number of carboxylic acids is 1. The number of carboxylic acid groups (broad SMARTS) is 1. The molecule has 1 aromatic carbocycles. The molecule has 2 aromatic rings. The largest absolute Gasteiger partial charge is 0.478 e. The van der Waals surface area contributed by atoms with Gasteiger partial charge in [0.05, 0.1) is 23.5 Å². The van der Waals surface area contributed by atoms with Gasteiger partial charge in [-0.3, -0.25) is 0 Å². The summed E-state index contributed by atoms with van der Waals surface area (Å²) in [4.78, 5) is 14.2. The maximum absolute atomic E-state index is 11.2. The van der Waals surface area contributed by atoms with E-state index in [2.05, 4.69) is 15.9 Å². The number of carbonyl (C=O) groups is 1. The van der Waals surface area contributed by atoms with Crippen molar-refractivity contribution in [3.05, 3.63) is 44.6 Å². The van der Waals surface area contributed by atoms with Crippen LogP contribution in [0.2, 0.25) is 0 Å². The molecule has 0 atom stereocenters. The summed E-state index contributed by atoms with van der Waals surface area (Å²) < 4.78 is 1.03. The van der Waals surface area contributed by atoms with E-state index in [1.807, 2.05) is 23.4 Å². The number of nitrogens with two attached hydrogens (primary N) is 1. The summed E-state index contributed by atoms with van der Waals surface area (Å²) in [5.74, 6) is -0.971. The molecule has 0 aliphatic heterocycles. The molecule has 3 N–H and O–H groups in total. The Morgan fingerprint density at radius 2 is 2.26 bits per heavy atom. The fraction of sp³-hybridized carbons (Fsp3) is 0.154. The molecule has 100 valence electrons. The van der Waals surface area contributed by atoms with Gasteiger partial charge in [-0.25, -0.2) is 4.79 Å². The fourth-order valence-electron chi connectivity index (χ4n) is 1.91. The third kappa shape index (κ3) is 3.08. The van der Waals surface area contributed by atoms with E-state index < -0.39 is 5.97 Å². The molecule has 6 heteroatoms. The number of anilines is 2. The molecule has 19 heavy (non-hydrogen) atoms. The number of hydrogen-bond acceptors (Lipinski definition) is 4. The van der Waals surface area contributed by atoms with Gasteiger partial charge in [0.2, 0.25) is 0 Å². The Hall–Kier alpha value is -1.53. The van der Waals surface area contributed by atoms with Gasteiger partial charge in [-0.1, -0.05) is 6.07 Å². The zero-order valence-corrected chi connectivity index (χ0v) is 12.7. The van der Waals surface area contributed by atoms with Crippen LogP contribution >= 0.6 is 27.3 Å². The first kappa shape index (κ1) is 13.9. The lowest BCUT2D eigenvalue weighted by Gasteiger charge is -2.22. The smallest absolute Gasteiger partial charge is 0.337 e. The molecule has 1 aromatic heterocycles. The molecule has 0 bridgehead atoms. The van der Waals surface area contributed by atoms with Gasteiger partial charge in [-0.05, 0) is 34.1 Å². The van der Waals surface area contributed by atoms with Gasteiger partial charge >= 0.3 is 5.97 Å². The van der Waals surface area contributed by atoms with Crippen LogP contribution < -0.4 is 10.6 Å². The SMILES string of the molecule is CN(Cc1cc(Br)cs1)c1c(N)cccc1C(=O)O. The molecular weight excluding hydrogens is 328 g/mol. The van der Waals surface area contributed by atoms with Crippen LogP contribution in [0, 0.1) is 0 Å². The normalized spacial score (nSPS) is 10.4. The lowest BCUT2D eigenvalue weighted by atomic mass is 10.1. The van der Waals surface area contributed by atoms with Crippen LogP contribution in [0.5, 0.6) is 0 Å². The Kier molecular flexibility index (Phi) is 4.11. The standard InChI is InChI=1S/C13H13BrN2O2S/c1-16(6-9-5-8(14)7-19-9)12-10(13(17)18)3-2-4-11(12)15/h2-5,7H,6,15H2,1H3,(H,17,18). The molecule has 0 aliphatic rings. The van der Waals surface area contributed by atoms with Crippen molar-refractivity contribution in [2.24, 2.45) is 0 Å². The molecular formula is C13H13BrN2O2S. The number of aromatic carboxylic acids is 1. The first-order valence-corrected chi connectivity index (χ1v) is 7.22. The Bertz CT molecular complexity index is 612. The topological polar surface area (TPSA) is 66.6 Å². The van der Waals surface area contributed by atoms with Gasteiger partial charge in [0, 0.05) is 21.8 Å². The molecule has 0 aliphatic carbocycles. The van der Waals surface area contributed by atoms with Crippen molar-refractivity contribution in [3.8, 4) is 0 Å². The zero-order chi connectivity index (χ0) is 14.0. The fourth-order valence-corrected chi connectivity index (χ4v) is 3.41. The van der Waals surface area contributed by atoms with Crippen LogP contribution in [0.25, 0.3) is 0 Å². The third-order valence-electron chi connectivity index (χ3n) is 2.69. The predicted octanol–water partition coefficient (Wildman–Crippen LogP) is 3.43. The summed E-state index contributed by atoms with van der Waals surface area (Å²) >= 11 is 5.02. The average molecular weight is 341 g/mol. The van der Waals surface area contributed by atoms with Crippen molar-refractivity contribution in [1.82, 2.24) is 0 Å². The van der Waals surface area contributed by atoms with Gasteiger partial charge < -0.3 is 15.7 Å². The van der Waals surface area contributed by atoms with Crippen LogP contribution in [0.15, 0.2) is 34.1 Å². The molecule has 0 amide bonds. The van der Waals surface area contributed by atoms with Gasteiger partial charge in [-0.2, -0.15) is 0 Å². The van der Waals surface area contributed by atoms with Crippen molar-refractivity contribution >= 4 is 44.6 Å². The second-order valence-corrected chi connectivity index (χ2v) is 6.05. The minimum absolute atomic E-state index is 0.220. The average Bonchev–Trinajstić information content (AvgIpc) is 2.74. The molecule has 4 nitrogen and oxygen atoms in total. The molecule has 0 fully saturated rings. The van der Waals surface area contributed by atoms with E-state index in [1.165, 1.54) is 0 Å². The first-order valence-electron chi connectivity index (χ1n) is 5.55. The van der Waals surface area contributed by atoms with E-state index in [0.717, 1.165) is 9.35 Å². The summed E-state index contributed by atoms with van der Waals surface area (Å²) in [5.41, 5.74) is 7.15. The maximum Gasteiger partial charge on any atom is 0.337 e. The molecule has 0 unspecified atom stereocenters. The number of hydrogen-bond donors (Lipinski definition) is 2. The highest BCUT2D eigenvalue weighted by Gasteiger charge is 2.16. The van der Waals surface area contributed by atoms with Gasteiger partial charge in [0.25, 0.3) is 0 Å². The number of rotatable bonds is 4. The summed E-state index contributed by atoms with van der Waals surface area (Å²) in [5, 5.41) is 11.2. The Morgan fingerprint density at radius 3 is 2.84 bits per heavy atom. The van der Waals surface area contributed by atoms with E-state index >= 15 is 0 Å². The zero-order valence-electron chi connectivity index (χ0n) is 10.3. The summed E-state index contributed by atoms with van der Waals surface area (Å²) in [6, 6.07) is 6.94. The highest BCUT2D eigenvalue weighted by molar-refractivity contribution is 9.10. The van der Waals surface area contributed by atoms with E-state index in [9.17, 15) is 9.90 Å². The molecule has 0 saturated carbocycles. The summed E-state index contributed by atoms with van der Waals surface area (Å²) in [6.45, 7) is 0.616. The lowest BCUT2D eigenvalue weighted by molar-refractivity contribution is 0.0697. The number of para-hydroxylation sites is 1. The van der Waals surface area contributed by atoms with Crippen LogP contribution in [-0.4, -0.2) is 18.1 Å². The molecule has 1 heterocycles. The Morgan fingerprint density at radius 1 is 1.53 bits per heavy atom. The maximum atomic E-state index is 11.2. The van der Waals surface area contributed by atoms with Crippen LogP contribution in [0.3, 0.4) is 0 Å². The van der Waals surface area contributed by atoms with E-state index in [4.69, 9.17) is 5.73 Å².